The van der Waals surface area contributed by atoms with Gasteiger partial charge in [-0.05, 0) is 35.4 Å². The Hall–Kier alpha value is -3.15. The van der Waals surface area contributed by atoms with Crippen LogP contribution in [0.15, 0.2) is 55.0 Å². The summed E-state index contributed by atoms with van der Waals surface area (Å²) in [6.45, 7) is 0. The number of hydrogen-bond acceptors (Lipinski definition) is 4. The molecule has 0 bridgehead atoms. The summed E-state index contributed by atoms with van der Waals surface area (Å²) in [7, 11) is 0. The van der Waals surface area contributed by atoms with Gasteiger partial charge in [-0.2, -0.15) is 5.10 Å². The van der Waals surface area contributed by atoms with Gasteiger partial charge in [0.1, 0.15) is 11.4 Å². The van der Waals surface area contributed by atoms with E-state index in [0.717, 1.165) is 11.1 Å². The van der Waals surface area contributed by atoms with Gasteiger partial charge in [-0.1, -0.05) is 12.1 Å². The lowest BCUT2D eigenvalue weighted by molar-refractivity contribution is 0.102. The molecule has 1 amide bonds. The molecule has 2 aromatic heterocycles. The highest BCUT2D eigenvalue weighted by Crippen LogP contribution is 2.21. The van der Waals surface area contributed by atoms with Gasteiger partial charge in [0, 0.05) is 18.1 Å². The molecule has 0 atom stereocenters. The largest absolute Gasteiger partial charge is 0.383 e. The van der Waals surface area contributed by atoms with Crippen LogP contribution in [0, 0.1) is 0 Å². The van der Waals surface area contributed by atoms with Crippen LogP contribution in [0.4, 0.5) is 11.5 Å². The number of nitrogens with two attached hydrogens (primary N) is 1. The lowest BCUT2D eigenvalue weighted by Crippen LogP contribution is -2.12. The van der Waals surface area contributed by atoms with Gasteiger partial charge in [-0.15, -0.1) is 0 Å². The third-order valence-corrected chi connectivity index (χ3v) is 3.07. The van der Waals surface area contributed by atoms with Crippen LogP contribution >= 0.6 is 0 Å². The lowest BCUT2D eigenvalue weighted by atomic mass is 10.1. The van der Waals surface area contributed by atoms with Gasteiger partial charge < -0.3 is 11.1 Å². The molecule has 3 aromatic rings. The average molecular weight is 279 g/mol. The molecular formula is C15H13N5O. The number of carbonyl (C=O) groups is 1. The first-order valence-electron chi connectivity index (χ1n) is 6.35. The van der Waals surface area contributed by atoms with Crippen molar-refractivity contribution < 1.29 is 4.79 Å². The Kier molecular flexibility index (Phi) is 3.34. The second-order valence-corrected chi connectivity index (χ2v) is 4.46. The van der Waals surface area contributed by atoms with E-state index in [1.165, 1.54) is 6.20 Å². The van der Waals surface area contributed by atoms with Crippen molar-refractivity contribution in [1.29, 1.82) is 0 Å². The maximum absolute atomic E-state index is 12.0. The van der Waals surface area contributed by atoms with Crippen molar-refractivity contribution in [2.24, 2.45) is 0 Å². The van der Waals surface area contributed by atoms with Crippen LogP contribution in [0.1, 0.15) is 10.4 Å². The van der Waals surface area contributed by atoms with Gasteiger partial charge in [-0.3, -0.25) is 14.9 Å². The van der Waals surface area contributed by atoms with Crippen molar-refractivity contribution in [2.45, 2.75) is 0 Å². The van der Waals surface area contributed by atoms with Crippen LogP contribution in [0.3, 0.4) is 0 Å². The molecule has 21 heavy (non-hydrogen) atoms. The predicted octanol–water partition coefficient (Wildman–Crippen LogP) is 2.31. The summed E-state index contributed by atoms with van der Waals surface area (Å²) < 4.78 is 0. The first kappa shape index (κ1) is 12.9. The molecular weight excluding hydrogens is 266 g/mol. The molecule has 0 aliphatic heterocycles. The summed E-state index contributed by atoms with van der Waals surface area (Å²) in [5.41, 5.74) is 8.76. The quantitative estimate of drug-likeness (QED) is 0.685. The maximum Gasteiger partial charge on any atom is 0.261 e. The van der Waals surface area contributed by atoms with Crippen LogP contribution in [0.25, 0.3) is 11.1 Å². The molecule has 0 spiro atoms. The first-order valence-corrected chi connectivity index (χ1v) is 6.35. The van der Waals surface area contributed by atoms with Crippen LogP contribution in [0.2, 0.25) is 0 Å². The minimum Gasteiger partial charge on any atom is -0.383 e. The Morgan fingerprint density at radius 3 is 2.33 bits per heavy atom. The number of hydrogen-bond donors (Lipinski definition) is 3. The zero-order chi connectivity index (χ0) is 14.7. The number of carbonyl (C=O) groups excluding carboxylic acids is 1. The van der Waals surface area contributed by atoms with E-state index in [2.05, 4.69) is 20.5 Å². The van der Waals surface area contributed by atoms with Gasteiger partial charge in [0.2, 0.25) is 0 Å². The zero-order valence-corrected chi connectivity index (χ0v) is 11.1. The number of aromatic nitrogens is 3. The molecule has 6 nitrogen and oxygen atoms in total. The Morgan fingerprint density at radius 2 is 1.71 bits per heavy atom. The molecule has 1 aromatic carbocycles. The lowest BCUT2D eigenvalue weighted by Gasteiger charge is -2.06. The average Bonchev–Trinajstić information content (AvgIpc) is 2.95. The Bertz CT molecular complexity index is 749. The van der Waals surface area contributed by atoms with Crippen LogP contribution in [0.5, 0.6) is 0 Å². The van der Waals surface area contributed by atoms with E-state index in [0.29, 0.717) is 11.3 Å². The summed E-state index contributed by atoms with van der Waals surface area (Å²) in [5.74, 6) is -0.0428. The van der Waals surface area contributed by atoms with Crippen molar-refractivity contribution in [3.63, 3.8) is 0 Å². The smallest absolute Gasteiger partial charge is 0.261 e. The number of nitrogens with zero attached hydrogens (tertiary/aromatic N) is 2. The number of nitrogens with one attached hydrogen (secondary N) is 2. The number of aromatic amines is 1. The molecule has 4 N–H and O–H groups in total. The van der Waals surface area contributed by atoms with Gasteiger partial charge in [0.05, 0.1) is 6.20 Å². The predicted molar refractivity (Wildman–Crippen MR) is 80.6 cm³/mol. The number of benzene rings is 1. The second kappa shape index (κ2) is 5.46. The number of pyridine rings is 1. The van der Waals surface area contributed by atoms with Gasteiger partial charge >= 0.3 is 0 Å². The summed E-state index contributed by atoms with van der Waals surface area (Å²) in [5, 5.41) is 9.02. The highest BCUT2D eigenvalue weighted by Gasteiger charge is 2.11. The minimum atomic E-state index is -0.294. The molecule has 2 heterocycles. The zero-order valence-electron chi connectivity index (χ0n) is 11.1. The van der Waals surface area contributed by atoms with Gasteiger partial charge in [0.25, 0.3) is 5.91 Å². The molecule has 0 aliphatic carbocycles. The van der Waals surface area contributed by atoms with Crippen molar-refractivity contribution in [1.82, 2.24) is 15.2 Å². The number of nitrogen functional groups attached to an aromatic ring is 1. The molecule has 0 saturated carbocycles. The van der Waals surface area contributed by atoms with Crippen LogP contribution < -0.4 is 11.1 Å². The monoisotopic (exact) mass is 279 g/mol. The second-order valence-electron chi connectivity index (χ2n) is 4.46. The fraction of sp³-hybridized carbons (Fsp3) is 0. The van der Waals surface area contributed by atoms with E-state index >= 15 is 0 Å². The number of H-pyrrole nitrogens is 1. The third-order valence-electron chi connectivity index (χ3n) is 3.07. The molecule has 0 radical (unpaired) electrons. The van der Waals surface area contributed by atoms with Crippen LogP contribution in [-0.2, 0) is 0 Å². The summed E-state index contributed by atoms with van der Waals surface area (Å²) in [4.78, 5) is 16.0. The van der Waals surface area contributed by atoms with E-state index in [1.807, 2.05) is 36.4 Å². The molecule has 0 unspecified atom stereocenters. The standard InChI is InChI=1S/C15H13N5O/c16-14-13(9-18-20-14)15(21)19-12-3-1-10(2-4-12)11-5-7-17-8-6-11/h1-9H,(H,19,21)(H3,16,18,20). The highest BCUT2D eigenvalue weighted by atomic mass is 16.1. The fourth-order valence-electron chi connectivity index (χ4n) is 1.97. The first-order chi connectivity index (χ1) is 10.2. The number of amides is 1. The fourth-order valence-corrected chi connectivity index (χ4v) is 1.97. The summed E-state index contributed by atoms with van der Waals surface area (Å²) >= 11 is 0. The molecule has 104 valence electrons. The van der Waals surface area contributed by atoms with Gasteiger partial charge in [0.15, 0.2) is 0 Å². The van der Waals surface area contributed by atoms with Gasteiger partial charge in [-0.25, -0.2) is 0 Å². The van der Waals surface area contributed by atoms with E-state index in [-0.39, 0.29) is 11.7 Å². The molecule has 0 fully saturated rings. The molecule has 0 saturated heterocycles. The van der Waals surface area contributed by atoms with Crippen molar-refractivity contribution in [3.05, 3.63) is 60.6 Å². The van der Waals surface area contributed by atoms with E-state index in [4.69, 9.17) is 5.73 Å². The Balaban J connectivity index is 1.76. The van der Waals surface area contributed by atoms with E-state index in [9.17, 15) is 4.79 Å². The number of anilines is 2. The SMILES string of the molecule is Nc1[nH]ncc1C(=O)Nc1ccc(-c2ccncc2)cc1. The topological polar surface area (TPSA) is 96.7 Å². The summed E-state index contributed by atoms with van der Waals surface area (Å²) in [6.07, 6.45) is 4.88. The molecule has 0 aliphatic rings. The van der Waals surface area contributed by atoms with Crippen molar-refractivity contribution >= 4 is 17.4 Å². The van der Waals surface area contributed by atoms with Crippen LogP contribution in [-0.4, -0.2) is 21.1 Å². The summed E-state index contributed by atoms with van der Waals surface area (Å²) in [6, 6.07) is 11.4. The normalized spacial score (nSPS) is 10.3. The van der Waals surface area contributed by atoms with Crippen molar-refractivity contribution in [3.8, 4) is 11.1 Å². The van der Waals surface area contributed by atoms with E-state index < -0.39 is 0 Å². The Labute approximate surface area is 121 Å². The molecule has 6 heteroatoms. The third kappa shape index (κ3) is 2.74. The Morgan fingerprint density at radius 1 is 1.05 bits per heavy atom. The highest BCUT2D eigenvalue weighted by molar-refractivity contribution is 6.07. The molecule has 3 rings (SSSR count). The minimum absolute atomic E-state index is 0.251. The van der Waals surface area contributed by atoms with Crippen molar-refractivity contribution in [2.75, 3.05) is 11.1 Å². The maximum atomic E-state index is 12.0. The van der Waals surface area contributed by atoms with E-state index in [1.54, 1.807) is 12.4 Å². The number of rotatable bonds is 3.